The van der Waals surface area contributed by atoms with Crippen molar-refractivity contribution in [2.24, 2.45) is 0 Å². The van der Waals surface area contributed by atoms with Crippen LogP contribution < -0.4 is 10.6 Å². The van der Waals surface area contributed by atoms with E-state index >= 15 is 0 Å². The summed E-state index contributed by atoms with van der Waals surface area (Å²) in [5.74, 6) is -0.274. The van der Waals surface area contributed by atoms with Crippen molar-refractivity contribution in [2.45, 2.75) is 31.9 Å². The van der Waals surface area contributed by atoms with Crippen molar-refractivity contribution < 1.29 is 22.8 Å². The summed E-state index contributed by atoms with van der Waals surface area (Å²) < 4.78 is 37.8. The second-order valence-electron chi connectivity index (χ2n) is 8.93. The molecule has 0 aliphatic carbocycles. The van der Waals surface area contributed by atoms with E-state index < -0.39 is 11.7 Å². The van der Waals surface area contributed by atoms with Gasteiger partial charge in [-0.2, -0.15) is 13.2 Å². The van der Waals surface area contributed by atoms with Crippen molar-refractivity contribution >= 4 is 35.3 Å². The van der Waals surface area contributed by atoms with E-state index in [0.717, 1.165) is 57.5 Å². The fourth-order valence-electron chi connectivity index (χ4n) is 4.03. The third kappa shape index (κ3) is 10.1. The molecule has 0 spiro atoms. The Hall–Kier alpha value is -3.04. The van der Waals surface area contributed by atoms with Crippen LogP contribution in [0.2, 0.25) is 5.02 Å². The maximum atomic E-state index is 12.6. The van der Waals surface area contributed by atoms with Gasteiger partial charge in [0.25, 0.3) is 0 Å². The molecule has 1 aliphatic heterocycles. The van der Waals surface area contributed by atoms with Gasteiger partial charge >= 0.3 is 12.2 Å². The molecule has 0 unspecified atom stereocenters. The fraction of sp³-hybridized carbons (Fsp3) is 0.407. The SMILES string of the molecule is O=C(/C=C/c1ccc(C(F)(F)F)cc1)NCCCCCN1CCCN(C(=O)Nc2cccc(Cl)c2)CC1. The van der Waals surface area contributed by atoms with Crippen molar-refractivity contribution in [2.75, 3.05) is 44.6 Å². The first kappa shape index (κ1) is 28.5. The molecular weight excluding hydrogens is 505 g/mol. The quantitative estimate of drug-likeness (QED) is 0.310. The number of nitrogens with one attached hydrogen (secondary N) is 2. The Morgan fingerprint density at radius 2 is 1.76 bits per heavy atom. The lowest BCUT2D eigenvalue weighted by Crippen LogP contribution is -2.38. The van der Waals surface area contributed by atoms with Crippen LogP contribution >= 0.6 is 11.6 Å². The molecule has 200 valence electrons. The molecule has 0 bridgehead atoms. The van der Waals surface area contributed by atoms with Gasteiger partial charge in [0.15, 0.2) is 0 Å². The van der Waals surface area contributed by atoms with Crippen molar-refractivity contribution in [1.29, 1.82) is 0 Å². The smallest absolute Gasteiger partial charge is 0.353 e. The second-order valence-corrected chi connectivity index (χ2v) is 9.36. The van der Waals surface area contributed by atoms with Crippen LogP contribution in [-0.4, -0.2) is 61.0 Å². The van der Waals surface area contributed by atoms with Crippen LogP contribution in [0.25, 0.3) is 6.08 Å². The van der Waals surface area contributed by atoms with E-state index in [1.165, 1.54) is 24.3 Å². The Labute approximate surface area is 220 Å². The highest BCUT2D eigenvalue weighted by Gasteiger charge is 2.29. The first-order chi connectivity index (χ1) is 17.7. The zero-order valence-corrected chi connectivity index (χ0v) is 21.3. The first-order valence-corrected chi connectivity index (χ1v) is 12.8. The topological polar surface area (TPSA) is 64.7 Å². The van der Waals surface area contributed by atoms with Gasteiger partial charge in [-0.3, -0.25) is 4.79 Å². The predicted molar refractivity (Wildman–Crippen MR) is 140 cm³/mol. The number of hydrogen-bond acceptors (Lipinski definition) is 3. The molecule has 37 heavy (non-hydrogen) atoms. The number of halogens is 4. The van der Waals surface area contributed by atoms with Gasteiger partial charge < -0.3 is 20.4 Å². The summed E-state index contributed by atoms with van der Waals surface area (Å²) in [6.07, 6.45) is 2.14. The molecule has 0 radical (unpaired) electrons. The van der Waals surface area contributed by atoms with E-state index in [0.29, 0.717) is 35.9 Å². The van der Waals surface area contributed by atoms with Crippen molar-refractivity contribution in [3.05, 3.63) is 70.8 Å². The summed E-state index contributed by atoms with van der Waals surface area (Å²) in [5.41, 5.74) is 0.493. The standard InChI is InChI=1S/C27H32ClF3N4O2/c28-23-6-4-7-24(20-23)33-26(37)35-17-5-16-34(18-19-35)15-3-1-2-14-32-25(36)13-10-21-8-11-22(12-9-21)27(29,30)31/h4,6-13,20H,1-3,5,14-19H2,(H,32,36)(H,33,37)/b13-10+. The molecule has 0 saturated carbocycles. The number of unbranched alkanes of at least 4 members (excludes halogenated alkanes) is 2. The predicted octanol–water partition coefficient (Wildman–Crippen LogP) is 5.90. The van der Waals surface area contributed by atoms with Gasteiger partial charge in [0, 0.05) is 43.0 Å². The lowest BCUT2D eigenvalue weighted by molar-refractivity contribution is -0.137. The van der Waals surface area contributed by atoms with Gasteiger partial charge in [-0.1, -0.05) is 36.2 Å². The van der Waals surface area contributed by atoms with Crippen molar-refractivity contribution in [3.63, 3.8) is 0 Å². The summed E-state index contributed by atoms with van der Waals surface area (Å²) >= 11 is 5.98. The average Bonchev–Trinajstić information content (AvgIpc) is 3.10. The molecule has 2 N–H and O–H groups in total. The Bertz CT molecular complexity index is 1060. The zero-order valence-electron chi connectivity index (χ0n) is 20.6. The zero-order chi connectivity index (χ0) is 26.7. The minimum absolute atomic E-state index is 0.118. The van der Waals surface area contributed by atoms with E-state index in [4.69, 9.17) is 11.6 Å². The maximum Gasteiger partial charge on any atom is 0.416 e. The highest BCUT2D eigenvalue weighted by molar-refractivity contribution is 6.30. The van der Waals surface area contributed by atoms with Gasteiger partial charge in [0.1, 0.15) is 0 Å². The normalized spacial score (nSPS) is 15.0. The van der Waals surface area contributed by atoms with Crippen molar-refractivity contribution in [1.82, 2.24) is 15.1 Å². The Kier molecular flexibility index (Phi) is 10.8. The summed E-state index contributed by atoms with van der Waals surface area (Å²) in [5, 5.41) is 6.28. The van der Waals surface area contributed by atoms with Crippen molar-refractivity contribution in [3.8, 4) is 0 Å². The number of anilines is 1. The van der Waals surface area contributed by atoms with E-state index in [-0.39, 0.29) is 11.9 Å². The molecule has 1 aliphatic rings. The molecule has 1 saturated heterocycles. The number of carbonyl (C=O) groups is 2. The minimum Gasteiger partial charge on any atom is -0.353 e. The van der Waals surface area contributed by atoms with Crippen LogP contribution in [0, 0.1) is 0 Å². The molecular formula is C27H32ClF3N4O2. The van der Waals surface area contributed by atoms with Crippen LogP contribution in [0.15, 0.2) is 54.6 Å². The van der Waals surface area contributed by atoms with Crippen LogP contribution in [0.3, 0.4) is 0 Å². The largest absolute Gasteiger partial charge is 0.416 e. The Balaban J connectivity index is 1.27. The molecule has 6 nitrogen and oxygen atoms in total. The van der Waals surface area contributed by atoms with Crippen LogP contribution in [0.1, 0.15) is 36.8 Å². The molecule has 3 amide bonds. The molecule has 0 aromatic heterocycles. The number of urea groups is 1. The average molecular weight is 537 g/mol. The first-order valence-electron chi connectivity index (χ1n) is 12.4. The van der Waals surface area contributed by atoms with Gasteiger partial charge in [0.2, 0.25) is 5.91 Å². The van der Waals surface area contributed by atoms with E-state index in [9.17, 15) is 22.8 Å². The molecule has 10 heteroatoms. The van der Waals surface area contributed by atoms with E-state index in [1.54, 1.807) is 18.2 Å². The molecule has 2 aromatic carbocycles. The third-order valence-corrected chi connectivity index (χ3v) is 6.30. The summed E-state index contributed by atoms with van der Waals surface area (Å²) in [6.45, 7) is 4.59. The molecule has 1 fully saturated rings. The number of nitrogens with zero attached hydrogens (tertiary/aromatic N) is 2. The van der Waals surface area contributed by atoms with Crippen LogP contribution in [0.4, 0.5) is 23.7 Å². The van der Waals surface area contributed by atoms with Crippen LogP contribution in [-0.2, 0) is 11.0 Å². The van der Waals surface area contributed by atoms with E-state index in [2.05, 4.69) is 15.5 Å². The Morgan fingerprint density at radius 3 is 2.49 bits per heavy atom. The van der Waals surface area contributed by atoms with Gasteiger partial charge in [-0.15, -0.1) is 0 Å². The fourth-order valence-corrected chi connectivity index (χ4v) is 4.22. The van der Waals surface area contributed by atoms with Gasteiger partial charge in [-0.05, 0) is 74.3 Å². The third-order valence-electron chi connectivity index (χ3n) is 6.07. The molecule has 3 rings (SSSR count). The monoisotopic (exact) mass is 536 g/mol. The molecule has 0 atom stereocenters. The van der Waals surface area contributed by atoms with Crippen LogP contribution in [0.5, 0.6) is 0 Å². The number of carbonyl (C=O) groups excluding carboxylic acids is 2. The number of alkyl halides is 3. The minimum atomic E-state index is -4.37. The highest BCUT2D eigenvalue weighted by Crippen LogP contribution is 2.29. The Morgan fingerprint density at radius 1 is 0.973 bits per heavy atom. The lowest BCUT2D eigenvalue weighted by atomic mass is 10.1. The second kappa shape index (κ2) is 14.0. The summed E-state index contributed by atoms with van der Waals surface area (Å²) in [6, 6.07) is 11.6. The highest BCUT2D eigenvalue weighted by atomic mass is 35.5. The summed E-state index contributed by atoms with van der Waals surface area (Å²) in [7, 11) is 0. The van der Waals surface area contributed by atoms with E-state index in [1.807, 2.05) is 11.0 Å². The summed E-state index contributed by atoms with van der Waals surface area (Å²) in [4.78, 5) is 28.7. The number of rotatable bonds is 9. The maximum absolute atomic E-state index is 12.6. The molecule has 1 heterocycles. The number of benzene rings is 2. The van der Waals surface area contributed by atoms with Gasteiger partial charge in [0.05, 0.1) is 5.56 Å². The number of amides is 3. The number of hydrogen-bond donors (Lipinski definition) is 2. The molecule has 2 aromatic rings. The lowest BCUT2D eigenvalue weighted by Gasteiger charge is -2.22. The van der Waals surface area contributed by atoms with Gasteiger partial charge in [-0.25, -0.2) is 4.79 Å².